The van der Waals surface area contributed by atoms with Crippen LogP contribution in [0, 0.1) is 18.3 Å². The van der Waals surface area contributed by atoms with Gasteiger partial charge in [0.1, 0.15) is 11.8 Å². The molecule has 2 saturated heterocycles. The Morgan fingerprint density at radius 3 is 2.46 bits per heavy atom. The van der Waals surface area contributed by atoms with Gasteiger partial charge in [-0.1, -0.05) is 0 Å². The van der Waals surface area contributed by atoms with Crippen molar-refractivity contribution in [3.8, 4) is 0 Å². The first-order chi connectivity index (χ1) is 12.4. The van der Waals surface area contributed by atoms with E-state index in [0.29, 0.717) is 37.4 Å². The van der Waals surface area contributed by atoms with Crippen LogP contribution in [0.1, 0.15) is 48.2 Å². The Hall–Kier alpha value is -2.31. The molecule has 2 amide bonds. The second kappa shape index (κ2) is 6.14. The number of piperidine rings is 1. The van der Waals surface area contributed by atoms with E-state index in [1.165, 1.54) is 11.2 Å². The third-order valence-corrected chi connectivity index (χ3v) is 6.21. The number of amides is 2. The second-order valence-electron chi connectivity index (χ2n) is 7.98. The molecule has 3 fully saturated rings. The summed E-state index contributed by atoms with van der Waals surface area (Å²) in [6.07, 6.45) is 5.40. The highest BCUT2D eigenvalue weighted by Crippen LogP contribution is 2.45. The lowest BCUT2D eigenvalue weighted by molar-refractivity contribution is -0.141. The van der Waals surface area contributed by atoms with Crippen LogP contribution in [0.15, 0.2) is 16.7 Å². The first-order valence-electron chi connectivity index (χ1n) is 9.27. The molecule has 26 heavy (non-hydrogen) atoms. The lowest BCUT2D eigenvalue weighted by atomic mass is 9.76. The SMILES string of the molecule is Cc1occc1C(=O)N1CC2(CCN(C(=O)C3CC3)CC2)C[C@@H]1C(=O)O. The monoisotopic (exact) mass is 360 g/mol. The number of nitrogens with zero attached hydrogens (tertiary/aromatic N) is 2. The number of carboxylic acid groups (broad SMARTS) is 1. The highest BCUT2D eigenvalue weighted by atomic mass is 16.4. The number of rotatable bonds is 3. The molecule has 0 bridgehead atoms. The summed E-state index contributed by atoms with van der Waals surface area (Å²) >= 11 is 0. The van der Waals surface area contributed by atoms with Crippen LogP contribution in [0.4, 0.5) is 0 Å². The van der Waals surface area contributed by atoms with Crippen molar-refractivity contribution < 1.29 is 23.9 Å². The summed E-state index contributed by atoms with van der Waals surface area (Å²) in [5.41, 5.74) is 0.214. The van der Waals surface area contributed by atoms with Crippen molar-refractivity contribution in [3.05, 3.63) is 23.7 Å². The lowest BCUT2D eigenvalue weighted by Crippen LogP contribution is -2.45. The molecule has 0 aromatic carbocycles. The highest BCUT2D eigenvalue weighted by molar-refractivity contribution is 5.97. The quantitative estimate of drug-likeness (QED) is 0.889. The summed E-state index contributed by atoms with van der Waals surface area (Å²) in [6.45, 7) is 3.46. The zero-order chi connectivity index (χ0) is 18.5. The predicted octanol–water partition coefficient (Wildman–Crippen LogP) is 1.91. The van der Waals surface area contributed by atoms with E-state index < -0.39 is 12.0 Å². The van der Waals surface area contributed by atoms with Crippen molar-refractivity contribution in [2.45, 2.75) is 45.1 Å². The maximum Gasteiger partial charge on any atom is 0.326 e. The molecule has 1 aromatic heterocycles. The zero-order valence-corrected chi connectivity index (χ0v) is 14.9. The molecule has 2 aliphatic heterocycles. The summed E-state index contributed by atoms with van der Waals surface area (Å²) in [6, 6.07) is 0.779. The topological polar surface area (TPSA) is 91.1 Å². The van der Waals surface area contributed by atoms with Crippen LogP contribution in [-0.2, 0) is 9.59 Å². The van der Waals surface area contributed by atoms with Gasteiger partial charge in [-0.3, -0.25) is 9.59 Å². The summed E-state index contributed by atoms with van der Waals surface area (Å²) in [4.78, 5) is 40.3. The Balaban J connectivity index is 1.49. The smallest absolute Gasteiger partial charge is 0.326 e. The Morgan fingerprint density at radius 2 is 1.92 bits per heavy atom. The second-order valence-corrected chi connectivity index (χ2v) is 7.98. The molecule has 0 radical (unpaired) electrons. The first-order valence-corrected chi connectivity index (χ1v) is 9.27. The number of aryl methyl sites for hydroxylation is 1. The largest absolute Gasteiger partial charge is 0.480 e. The molecule has 1 N–H and O–H groups in total. The van der Waals surface area contributed by atoms with Gasteiger partial charge in [0.15, 0.2) is 0 Å². The highest BCUT2D eigenvalue weighted by Gasteiger charge is 2.51. The molecular weight excluding hydrogens is 336 g/mol. The summed E-state index contributed by atoms with van der Waals surface area (Å²) in [5.74, 6) is -0.286. The summed E-state index contributed by atoms with van der Waals surface area (Å²) in [7, 11) is 0. The molecule has 1 spiro atoms. The van der Waals surface area contributed by atoms with Crippen LogP contribution in [0.5, 0.6) is 0 Å². The van der Waals surface area contributed by atoms with E-state index in [1.807, 2.05) is 4.90 Å². The van der Waals surface area contributed by atoms with Crippen molar-refractivity contribution in [2.24, 2.45) is 11.3 Å². The average Bonchev–Trinajstić information content (AvgIpc) is 3.28. The number of hydrogen-bond donors (Lipinski definition) is 1. The normalized spacial score (nSPS) is 24.9. The number of hydrogen-bond acceptors (Lipinski definition) is 4. The maximum absolute atomic E-state index is 12.9. The average molecular weight is 360 g/mol. The number of carbonyl (C=O) groups is 3. The van der Waals surface area contributed by atoms with Crippen molar-refractivity contribution in [3.63, 3.8) is 0 Å². The van der Waals surface area contributed by atoms with Gasteiger partial charge in [0.05, 0.1) is 11.8 Å². The van der Waals surface area contributed by atoms with Crippen molar-refractivity contribution in [1.82, 2.24) is 9.80 Å². The molecule has 0 unspecified atom stereocenters. The van der Waals surface area contributed by atoms with Crippen LogP contribution < -0.4 is 0 Å². The van der Waals surface area contributed by atoms with Crippen LogP contribution >= 0.6 is 0 Å². The molecular formula is C19H24N2O5. The van der Waals surface area contributed by atoms with Crippen molar-refractivity contribution in [1.29, 1.82) is 0 Å². The third-order valence-electron chi connectivity index (χ3n) is 6.21. The molecule has 7 nitrogen and oxygen atoms in total. The van der Waals surface area contributed by atoms with E-state index >= 15 is 0 Å². The van der Waals surface area contributed by atoms with E-state index in [0.717, 1.165) is 25.7 Å². The molecule has 7 heteroatoms. The lowest BCUT2D eigenvalue weighted by Gasteiger charge is -2.39. The van der Waals surface area contributed by atoms with Gasteiger partial charge in [-0.15, -0.1) is 0 Å². The fourth-order valence-electron chi connectivity index (χ4n) is 4.40. The van der Waals surface area contributed by atoms with Gasteiger partial charge in [-0.2, -0.15) is 0 Å². The molecule has 3 heterocycles. The van der Waals surface area contributed by atoms with E-state index in [9.17, 15) is 19.5 Å². The minimum absolute atomic E-state index is 0.210. The standard InChI is InChI=1S/C19H24N2O5/c1-12-14(4-9-26-12)17(23)21-11-19(10-15(21)18(24)25)5-7-20(8-6-19)16(22)13-2-3-13/h4,9,13,15H,2-3,5-8,10-11H2,1H3,(H,24,25)/t15-/m1/s1. The Kier molecular flexibility index (Phi) is 4.04. The number of furan rings is 1. The molecule has 140 valence electrons. The van der Waals surface area contributed by atoms with Gasteiger partial charge >= 0.3 is 5.97 Å². The Bertz CT molecular complexity index is 743. The van der Waals surface area contributed by atoms with Crippen LogP contribution in [0.2, 0.25) is 0 Å². The fraction of sp³-hybridized carbons (Fsp3) is 0.632. The van der Waals surface area contributed by atoms with Crippen LogP contribution in [-0.4, -0.2) is 58.4 Å². The summed E-state index contributed by atoms with van der Waals surface area (Å²) in [5, 5.41) is 9.65. The van der Waals surface area contributed by atoms with E-state index in [-0.39, 0.29) is 23.1 Å². The van der Waals surface area contributed by atoms with Gasteiger partial charge in [-0.05, 0) is 50.5 Å². The number of likely N-dealkylation sites (tertiary alicyclic amines) is 2. The molecule has 3 aliphatic rings. The maximum atomic E-state index is 12.9. The van der Waals surface area contributed by atoms with E-state index in [4.69, 9.17) is 4.42 Å². The minimum atomic E-state index is -0.965. The third kappa shape index (κ3) is 2.89. The molecule has 4 rings (SSSR count). The predicted molar refractivity (Wildman–Crippen MR) is 91.5 cm³/mol. The molecule has 1 aliphatic carbocycles. The van der Waals surface area contributed by atoms with Crippen LogP contribution in [0.25, 0.3) is 0 Å². The number of carboxylic acids is 1. The molecule has 1 atom stereocenters. The molecule has 1 saturated carbocycles. The zero-order valence-electron chi connectivity index (χ0n) is 14.9. The number of carbonyl (C=O) groups excluding carboxylic acids is 2. The Labute approximate surface area is 151 Å². The number of aliphatic carboxylic acids is 1. The first kappa shape index (κ1) is 17.1. The minimum Gasteiger partial charge on any atom is -0.480 e. The van der Waals surface area contributed by atoms with E-state index in [1.54, 1.807) is 13.0 Å². The van der Waals surface area contributed by atoms with Crippen molar-refractivity contribution >= 4 is 17.8 Å². The van der Waals surface area contributed by atoms with Gasteiger partial charge in [0.25, 0.3) is 5.91 Å². The van der Waals surface area contributed by atoms with Gasteiger partial charge in [-0.25, -0.2) is 4.79 Å². The van der Waals surface area contributed by atoms with Gasteiger partial charge < -0.3 is 19.3 Å². The van der Waals surface area contributed by atoms with Gasteiger partial charge in [0.2, 0.25) is 5.91 Å². The van der Waals surface area contributed by atoms with E-state index in [2.05, 4.69) is 0 Å². The van der Waals surface area contributed by atoms with Crippen LogP contribution in [0.3, 0.4) is 0 Å². The van der Waals surface area contributed by atoms with Crippen molar-refractivity contribution in [2.75, 3.05) is 19.6 Å². The fourth-order valence-corrected chi connectivity index (χ4v) is 4.40. The van der Waals surface area contributed by atoms with Gasteiger partial charge in [0, 0.05) is 25.6 Å². The summed E-state index contributed by atoms with van der Waals surface area (Å²) < 4.78 is 5.21. The molecule has 1 aromatic rings. The Morgan fingerprint density at radius 1 is 1.23 bits per heavy atom.